The Morgan fingerprint density at radius 1 is 0.426 bits per heavy atom. The largest absolute Gasteiger partial charge is 0.325 e. The average molecular weight is 721 g/mol. The summed E-state index contributed by atoms with van der Waals surface area (Å²) in [5.74, 6) is -1.12. The topological polar surface area (TPSA) is 126 Å². The zero-order valence-corrected chi connectivity index (χ0v) is 30.4. The lowest BCUT2D eigenvalue weighted by atomic mass is 9.75. The molecule has 4 aliphatic rings. The van der Waals surface area contributed by atoms with Crippen LogP contribution < -0.4 is 10.6 Å². The van der Waals surface area contributed by atoms with E-state index >= 15 is 0 Å². The molecule has 2 N–H and O–H groups in total. The van der Waals surface area contributed by atoms with Gasteiger partial charge in [-0.05, 0) is 47.9 Å². The van der Waals surface area contributed by atoms with E-state index in [0.717, 1.165) is 38.5 Å². The molecule has 0 atom stereocenters. The molecule has 2 fully saturated rings. The minimum absolute atomic E-state index is 0.0612. The van der Waals surface area contributed by atoms with Gasteiger partial charge in [-0.2, -0.15) is 0 Å². The average Bonchev–Trinajstić information content (AvgIpc) is 3.21. The molecule has 2 amide bonds. The lowest BCUT2D eigenvalue weighted by Gasteiger charge is -2.27. The number of ketones is 4. The van der Waals surface area contributed by atoms with Crippen LogP contribution in [0.5, 0.6) is 0 Å². The summed E-state index contributed by atoms with van der Waals surface area (Å²) in [6.07, 6.45) is 13.7. The molecule has 0 aliphatic heterocycles. The Morgan fingerprint density at radius 3 is 1.11 bits per heavy atom. The number of benzene rings is 4. The number of hydrogen-bond acceptors (Lipinski definition) is 6. The van der Waals surface area contributed by atoms with Crippen LogP contribution in [0.4, 0.5) is 11.4 Å². The van der Waals surface area contributed by atoms with Gasteiger partial charge >= 0.3 is 0 Å². The lowest BCUT2D eigenvalue weighted by Crippen LogP contribution is -2.27. The Morgan fingerprint density at radius 2 is 0.759 bits per heavy atom. The zero-order chi connectivity index (χ0) is 37.3. The Balaban J connectivity index is 1.21. The van der Waals surface area contributed by atoms with Crippen LogP contribution in [0.3, 0.4) is 0 Å². The number of amides is 2. The lowest BCUT2D eigenvalue weighted by molar-refractivity contribution is -0.117. The van der Waals surface area contributed by atoms with Crippen molar-refractivity contribution in [2.24, 2.45) is 11.8 Å². The Kier molecular flexibility index (Phi) is 9.93. The molecule has 0 saturated heterocycles. The van der Waals surface area contributed by atoms with Crippen molar-refractivity contribution in [1.29, 1.82) is 0 Å². The highest BCUT2D eigenvalue weighted by Crippen LogP contribution is 2.44. The molecule has 4 aromatic rings. The van der Waals surface area contributed by atoms with Gasteiger partial charge in [0, 0.05) is 46.2 Å². The first-order valence-corrected chi connectivity index (χ1v) is 19.6. The van der Waals surface area contributed by atoms with Gasteiger partial charge in [0.25, 0.3) is 0 Å². The van der Waals surface area contributed by atoms with Crippen LogP contribution in [-0.4, -0.2) is 34.9 Å². The molecule has 8 rings (SSSR count). The monoisotopic (exact) mass is 720 g/mol. The maximum atomic E-state index is 14.5. The van der Waals surface area contributed by atoms with Crippen LogP contribution in [0.25, 0.3) is 11.1 Å². The number of hydrogen-bond donors (Lipinski definition) is 2. The molecule has 0 unspecified atom stereocenters. The van der Waals surface area contributed by atoms with Crippen LogP contribution in [0.2, 0.25) is 0 Å². The standard InChI is InChI=1S/C46H44N2O6/c49-37(25-19-27-11-3-1-4-12-27)47-35-23-21-29(39-41(35)45(53)33-17-9-7-15-31(33)43(39)51)30-22-24-36(48-38(50)26-20-28-13-5-2-6-14-28)42-40(30)44(52)32-16-8-10-18-34(32)46(42)54/h7-10,15-18,21-24,27-28H,1-6,11-14,19-20,25-26H2,(H,47,49)(H,48,50). The van der Waals surface area contributed by atoms with Gasteiger partial charge in [0.15, 0.2) is 23.1 Å². The molecule has 54 heavy (non-hydrogen) atoms. The fraction of sp³-hybridized carbons (Fsp3) is 0.348. The third-order valence-electron chi connectivity index (χ3n) is 12.0. The van der Waals surface area contributed by atoms with E-state index in [1.165, 1.54) is 38.5 Å². The maximum absolute atomic E-state index is 14.5. The highest BCUT2D eigenvalue weighted by atomic mass is 16.2. The number of carbonyl (C=O) groups excluding carboxylic acids is 6. The van der Waals surface area contributed by atoms with Crippen molar-refractivity contribution in [3.8, 4) is 11.1 Å². The summed E-state index contributed by atoms with van der Waals surface area (Å²) >= 11 is 0. The van der Waals surface area contributed by atoms with Crippen LogP contribution in [0.15, 0.2) is 72.8 Å². The molecule has 0 spiro atoms. The van der Waals surface area contributed by atoms with Crippen molar-refractivity contribution in [1.82, 2.24) is 0 Å². The van der Waals surface area contributed by atoms with Crippen LogP contribution >= 0.6 is 0 Å². The number of carbonyl (C=O) groups is 6. The molecule has 0 heterocycles. The fourth-order valence-electron chi connectivity index (χ4n) is 9.15. The Labute approximate surface area is 315 Å². The molecule has 4 aliphatic carbocycles. The van der Waals surface area contributed by atoms with Gasteiger partial charge in [-0.3, -0.25) is 28.8 Å². The van der Waals surface area contributed by atoms with Crippen molar-refractivity contribution >= 4 is 46.3 Å². The number of fused-ring (bicyclic) bond motifs is 4. The summed E-state index contributed by atoms with van der Waals surface area (Å²) in [5, 5.41) is 5.89. The Hall–Kier alpha value is -5.50. The molecule has 0 radical (unpaired) electrons. The summed E-state index contributed by atoms with van der Waals surface area (Å²) in [5.41, 5.74) is 2.23. The van der Waals surface area contributed by atoms with Gasteiger partial charge in [-0.15, -0.1) is 0 Å². The van der Waals surface area contributed by atoms with Crippen LogP contribution in [0, 0.1) is 11.8 Å². The van der Waals surface area contributed by atoms with Gasteiger partial charge in [0.1, 0.15) is 0 Å². The number of nitrogens with one attached hydrogen (secondary N) is 2. The molecule has 274 valence electrons. The van der Waals surface area contributed by atoms with Crippen molar-refractivity contribution in [2.75, 3.05) is 10.6 Å². The van der Waals surface area contributed by atoms with Crippen LogP contribution in [0.1, 0.15) is 154 Å². The second-order valence-corrected chi connectivity index (χ2v) is 15.4. The molecular formula is C46H44N2O6. The maximum Gasteiger partial charge on any atom is 0.224 e. The first kappa shape index (κ1) is 35.5. The second-order valence-electron chi connectivity index (χ2n) is 15.4. The van der Waals surface area contributed by atoms with Crippen LogP contribution in [-0.2, 0) is 9.59 Å². The van der Waals surface area contributed by atoms with Crippen molar-refractivity contribution in [2.45, 2.75) is 89.9 Å². The normalized spacial score (nSPS) is 17.0. The van der Waals surface area contributed by atoms with E-state index in [9.17, 15) is 28.8 Å². The first-order valence-electron chi connectivity index (χ1n) is 19.6. The number of rotatable bonds is 9. The van der Waals surface area contributed by atoms with Gasteiger partial charge in [-0.25, -0.2) is 0 Å². The summed E-state index contributed by atoms with van der Waals surface area (Å²) < 4.78 is 0. The highest BCUT2D eigenvalue weighted by molar-refractivity contribution is 6.35. The van der Waals surface area contributed by atoms with Gasteiger partial charge in [0.05, 0.1) is 22.5 Å². The predicted octanol–water partition coefficient (Wildman–Crippen LogP) is 9.50. The summed E-state index contributed by atoms with van der Waals surface area (Å²) in [6.45, 7) is 0. The SMILES string of the molecule is O=C(CCC1CCCCC1)Nc1ccc(-c2ccc(NC(=O)CCC3CCCCC3)c3c2C(=O)c2ccccc2C3=O)c2c1C(=O)c1ccccc1C2=O. The predicted molar refractivity (Wildman–Crippen MR) is 207 cm³/mol. The first-order chi connectivity index (χ1) is 26.3. The molecule has 0 aromatic heterocycles. The summed E-state index contributed by atoms with van der Waals surface area (Å²) in [6, 6.07) is 19.7. The molecule has 0 bridgehead atoms. The molecular weight excluding hydrogens is 677 g/mol. The minimum atomic E-state index is -0.419. The van der Waals surface area contributed by atoms with E-state index in [0.29, 0.717) is 35.8 Å². The smallest absolute Gasteiger partial charge is 0.224 e. The minimum Gasteiger partial charge on any atom is -0.325 e. The second kappa shape index (κ2) is 15.1. The zero-order valence-electron chi connectivity index (χ0n) is 30.4. The Bertz CT molecular complexity index is 2070. The van der Waals surface area contributed by atoms with E-state index in [4.69, 9.17) is 0 Å². The molecule has 4 aromatic carbocycles. The van der Waals surface area contributed by atoms with E-state index in [1.807, 2.05) is 0 Å². The van der Waals surface area contributed by atoms with Crippen molar-refractivity contribution in [3.05, 3.63) is 117 Å². The summed E-state index contributed by atoms with van der Waals surface area (Å²) in [4.78, 5) is 84.2. The van der Waals surface area contributed by atoms with E-state index in [-0.39, 0.29) is 67.7 Å². The third-order valence-corrected chi connectivity index (χ3v) is 12.0. The quantitative estimate of drug-likeness (QED) is 0.153. The van der Waals surface area contributed by atoms with E-state index in [1.54, 1.807) is 72.8 Å². The van der Waals surface area contributed by atoms with E-state index < -0.39 is 23.1 Å². The summed E-state index contributed by atoms with van der Waals surface area (Å²) in [7, 11) is 0. The third kappa shape index (κ3) is 6.63. The number of anilines is 2. The van der Waals surface area contributed by atoms with Gasteiger partial charge in [0.2, 0.25) is 11.8 Å². The van der Waals surface area contributed by atoms with E-state index in [2.05, 4.69) is 10.6 Å². The van der Waals surface area contributed by atoms with Crippen molar-refractivity contribution in [3.63, 3.8) is 0 Å². The van der Waals surface area contributed by atoms with Gasteiger partial charge in [-0.1, -0.05) is 125 Å². The molecule has 8 heteroatoms. The van der Waals surface area contributed by atoms with Gasteiger partial charge < -0.3 is 10.6 Å². The molecule has 8 nitrogen and oxygen atoms in total. The fourth-order valence-corrected chi connectivity index (χ4v) is 9.15. The highest BCUT2D eigenvalue weighted by Gasteiger charge is 2.39. The molecule has 2 saturated carbocycles. The van der Waals surface area contributed by atoms with Crippen molar-refractivity contribution < 1.29 is 28.8 Å².